The maximum absolute atomic E-state index is 13.4. The SMILES string of the molecule is CCc1ccc(NC(=O)c2cccc3ccccc23)c(=O)n1CC(=O)N[C@@H](CC(=O)O)C(=O)COc1ccccc1. The molecule has 10 nitrogen and oxygen atoms in total. The number of anilines is 1. The first-order valence-corrected chi connectivity index (χ1v) is 13.0. The number of aromatic nitrogens is 1. The number of rotatable bonds is 12. The molecule has 0 saturated carbocycles. The fourth-order valence-electron chi connectivity index (χ4n) is 4.38. The van der Waals surface area contributed by atoms with E-state index in [1.807, 2.05) is 30.3 Å². The number of carbonyl (C=O) groups is 4. The summed E-state index contributed by atoms with van der Waals surface area (Å²) in [7, 11) is 0. The van der Waals surface area contributed by atoms with E-state index in [1.54, 1.807) is 55.5 Å². The Kier molecular flexibility index (Phi) is 9.26. The average Bonchev–Trinajstić information content (AvgIpc) is 2.97. The molecule has 3 N–H and O–H groups in total. The van der Waals surface area contributed by atoms with E-state index in [9.17, 15) is 29.1 Å². The van der Waals surface area contributed by atoms with Crippen molar-refractivity contribution in [1.82, 2.24) is 9.88 Å². The van der Waals surface area contributed by atoms with Gasteiger partial charge in [-0.15, -0.1) is 0 Å². The highest BCUT2D eigenvalue weighted by molar-refractivity contribution is 6.12. The predicted molar refractivity (Wildman–Crippen MR) is 153 cm³/mol. The van der Waals surface area contributed by atoms with E-state index in [2.05, 4.69) is 10.6 Å². The van der Waals surface area contributed by atoms with Gasteiger partial charge in [0.15, 0.2) is 5.78 Å². The lowest BCUT2D eigenvalue weighted by molar-refractivity contribution is -0.140. The van der Waals surface area contributed by atoms with Gasteiger partial charge in [-0.1, -0.05) is 61.5 Å². The van der Waals surface area contributed by atoms with Crippen LogP contribution in [0.2, 0.25) is 0 Å². The van der Waals surface area contributed by atoms with E-state index in [0.717, 1.165) is 10.8 Å². The first-order valence-electron chi connectivity index (χ1n) is 13.0. The smallest absolute Gasteiger partial charge is 0.305 e. The van der Waals surface area contributed by atoms with Crippen LogP contribution in [0.4, 0.5) is 5.69 Å². The number of ketones is 1. The van der Waals surface area contributed by atoms with Crippen LogP contribution in [0.5, 0.6) is 5.75 Å². The fraction of sp³-hybridized carbons (Fsp3) is 0.194. The number of amides is 2. The Hall–Kier alpha value is -5.25. The van der Waals surface area contributed by atoms with Gasteiger partial charge >= 0.3 is 5.97 Å². The highest BCUT2D eigenvalue weighted by Gasteiger charge is 2.25. The molecule has 0 saturated heterocycles. The van der Waals surface area contributed by atoms with Gasteiger partial charge in [0.1, 0.15) is 30.6 Å². The Morgan fingerprint density at radius 1 is 0.902 bits per heavy atom. The van der Waals surface area contributed by atoms with Crippen molar-refractivity contribution in [2.24, 2.45) is 0 Å². The molecule has 41 heavy (non-hydrogen) atoms. The number of carboxylic acid groups (broad SMARTS) is 1. The number of aryl methyl sites for hydroxylation is 1. The largest absolute Gasteiger partial charge is 0.486 e. The molecule has 210 valence electrons. The molecule has 0 radical (unpaired) electrons. The molecule has 0 aliphatic heterocycles. The topological polar surface area (TPSA) is 144 Å². The number of hydrogen-bond acceptors (Lipinski definition) is 6. The highest BCUT2D eigenvalue weighted by atomic mass is 16.5. The zero-order valence-electron chi connectivity index (χ0n) is 22.3. The lowest BCUT2D eigenvalue weighted by Gasteiger charge is -2.18. The number of carboxylic acids is 1. The summed E-state index contributed by atoms with van der Waals surface area (Å²) in [6.07, 6.45) is -0.248. The van der Waals surface area contributed by atoms with Gasteiger partial charge in [0.2, 0.25) is 5.91 Å². The zero-order chi connectivity index (χ0) is 29.4. The van der Waals surface area contributed by atoms with Crippen LogP contribution >= 0.6 is 0 Å². The number of ether oxygens (including phenoxy) is 1. The van der Waals surface area contributed by atoms with E-state index in [-0.39, 0.29) is 5.69 Å². The molecule has 1 heterocycles. The zero-order valence-corrected chi connectivity index (χ0v) is 22.3. The number of nitrogens with zero attached hydrogens (tertiary/aromatic N) is 1. The van der Waals surface area contributed by atoms with Crippen molar-refractivity contribution in [2.75, 3.05) is 11.9 Å². The second-order valence-electron chi connectivity index (χ2n) is 9.25. The minimum Gasteiger partial charge on any atom is -0.486 e. The minimum absolute atomic E-state index is 0.0256. The van der Waals surface area contributed by atoms with Crippen molar-refractivity contribution in [3.63, 3.8) is 0 Å². The number of nitrogens with one attached hydrogen (secondary N) is 2. The first kappa shape index (κ1) is 28.8. The Morgan fingerprint density at radius 2 is 1.61 bits per heavy atom. The molecule has 1 aromatic heterocycles. The molecule has 0 bridgehead atoms. The third kappa shape index (κ3) is 7.24. The van der Waals surface area contributed by atoms with Crippen LogP contribution in [0, 0.1) is 0 Å². The van der Waals surface area contributed by atoms with E-state index in [1.165, 1.54) is 10.6 Å². The van der Waals surface area contributed by atoms with E-state index in [4.69, 9.17) is 4.74 Å². The van der Waals surface area contributed by atoms with E-state index >= 15 is 0 Å². The average molecular weight is 556 g/mol. The second-order valence-corrected chi connectivity index (χ2v) is 9.25. The Balaban J connectivity index is 1.50. The van der Waals surface area contributed by atoms with Crippen molar-refractivity contribution in [2.45, 2.75) is 32.4 Å². The monoisotopic (exact) mass is 555 g/mol. The summed E-state index contributed by atoms with van der Waals surface area (Å²) in [5, 5.41) is 16.0. The van der Waals surface area contributed by atoms with Gasteiger partial charge in [-0.25, -0.2) is 0 Å². The van der Waals surface area contributed by atoms with Crippen LogP contribution in [0.15, 0.2) is 89.7 Å². The van der Waals surface area contributed by atoms with Crippen molar-refractivity contribution in [1.29, 1.82) is 0 Å². The summed E-state index contributed by atoms with van der Waals surface area (Å²) in [6.45, 7) is 0.871. The van der Waals surface area contributed by atoms with Crippen molar-refractivity contribution >= 4 is 40.0 Å². The standard InChI is InChI=1S/C31H29N3O7/c1-2-21-15-16-25(33-30(39)24-14-8-10-20-9-6-7-13-23(20)24)31(40)34(21)18-28(36)32-26(17-29(37)38)27(35)19-41-22-11-4-3-5-12-22/h3-16,26H,2,17-19H2,1H3,(H,32,36)(H,33,39)(H,37,38)/t26-/m0/s1. The molecule has 3 aromatic carbocycles. The lowest BCUT2D eigenvalue weighted by Crippen LogP contribution is -2.46. The first-order chi connectivity index (χ1) is 19.8. The molecular formula is C31H29N3O7. The summed E-state index contributed by atoms with van der Waals surface area (Å²) >= 11 is 0. The van der Waals surface area contributed by atoms with Gasteiger partial charge in [0.05, 0.1) is 6.42 Å². The molecule has 0 aliphatic carbocycles. The van der Waals surface area contributed by atoms with Gasteiger partial charge in [0, 0.05) is 11.3 Å². The second kappa shape index (κ2) is 13.2. The number of Topliss-reactive ketones (excluding diaryl/α,β-unsaturated/α-hetero) is 1. The molecule has 0 aliphatic rings. The Bertz CT molecular complexity index is 1640. The molecule has 4 aromatic rings. The Morgan fingerprint density at radius 3 is 2.34 bits per heavy atom. The normalized spacial score (nSPS) is 11.4. The molecule has 2 amide bonds. The van der Waals surface area contributed by atoms with Crippen molar-refractivity contribution < 1.29 is 29.0 Å². The van der Waals surface area contributed by atoms with Crippen LogP contribution in [0.3, 0.4) is 0 Å². The maximum Gasteiger partial charge on any atom is 0.305 e. The number of hydrogen-bond donors (Lipinski definition) is 3. The third-order valence-electron chi connectivity index (χ3n) is 6.44. The number of carbonyl (C=O) groups excluding carboxylic acids is 3. The summed E-state index contributed by atoms with van der Waals surface area (Å²) in [5.41, 5.74) is 0.268. The van der Waals surface area contributed by atoms with Crippen LogP contribution in [0.25, 0.3) is 10.8 Å². The molecule has 0 unspecified atom stereocenters. The van der Waals surface area contributed by atoms with Crippen molar-refractivity contribution in [3.05, 3.63) is 107 Å². The van der Waals surface area contributed by atoms with Crippen LogP contribution in [-0.2, 0) is 27.3 Å². The maximum atomic E-state index is 13.4. The van der Waals surface area contributed by atoms with Crippen molar-refractivity contribution in [3.8, 4) is 5.75 Å². The number of pyridine rings is 1. The highest BCUT2D eigenvalue weighted by Crippen LogP contribution is 2.19. The summed E-state index contributed by atoms with van der Waals surface area (Å²) in [4.78, 5) is 63.5. The number of aliphatic carboxylic acids is 1. The number of benzene rings is 3. The summed E-state index contributed by atoms with van der Waals surface area (Å²) < 4.78 is 6.60. The van der Waals surface area contributed by atoms with Crippen LogP contribution in [-0.4, -0.2) is 45.9 Å². The fourth-order valence-corrected chi connectivity index (χ4v) is 4.38. The predicted octanol–water partition coefficient (Wildman–Crippen LogP) is 3.42. The number of para-hydroxylation sites is 1. The number of fused-ring (bicyclic) bond motifs is 1. The molecule has 0 spiro atoms. The van der Waals surface area contributed by atoms with Gasteiger partial charge in [0.25, 0.3) is 11.5 Å². The molecule has 4 rings (SSSR count). The van der Waals surface area contributed by atoms with Gasteiger partial charge in [-0.05, 0) is 47.5 Å². The summed E-state index contributed by atoms with van der Waals surface area (Å²) in [6, 6.07) is 22.9. The van der Waals surface area contributed by atoms with E-state index < -0.39 is 54.7 Å². The van der Waals surface area contributed by atoms with Crippen LogP contribution < -0.4 is 20.9 Å². The van der Waals surface area contributed by atoms with Gasteiger partial charge in [-0.2, -0.15) is 0 Å². The summed E-state index contributed by atoms with van der Waals surface area (Å²) in [5.74, 6) is -2.72. The van der Waals surface area contributed by atoms with Gasteiger partial charge in [-0.3, -0.25) is 24.0 Å². The quantitative estimate of drug-likeness (QED) is 0.243. The lowest BCUT2D eigenvalue weighted by atomic mass is 10.0. The Labute approximate surface area is 235 Å². The molecule has 10 heteroatoms. The third-order valence-corrected chi connectivity index (χ3v) is 6.44. The van der Waals surface area contributed by atoms with Gasteiger partial charge < -0.3 is 25.0 Å². The molecule has 0 fully saturated rings. The van der Waals surface area contributed by atoms with E-state index in [0.29, 0.717) is 23.4 Å². The minimum atomic E-state index is -1.36. The molecule has 1 atom stereocenters. The molecular weight excluding hydrogens is 526 g/mol. The van der Waals surface area contributed by atoms with Crippen LogP contribution in [0.1, 0.15) is 29.4 Å².